The number of carbonyl (C=O) groups is 1. The number of piperidine rings is 1. The van der Waals surface area contributed by atoms with Gasteiger partial charge in [0.25, 0.3) is 0 Å². The van der Waals surface area contributed by atoms with E-state index in [-0.39, 0.29) is 5.56 Å². The predicted octanol–water partition coefficient (Wildman–Crippen LogP) is 2.17. The Labute approximate surface area is 139 Å². The first kappa shape index (κ1) is 16.6. The van der Waals surface area contributed by atoms with Gasteiger partial charge in [-0.1, -0.05) is 24.2 Å². The molecule has 2 aromatic rings. The van der Waals surface area contributed by atoms with Gasteiger partial charge in [-0.05, 0) is 37.9 Å². The number of carboxylic acids is 1. The van der Waals surface area contributed by atoms with Crippen LogP contribution in [0, 0.1) is 0 Å². The van der Waals surface area contributed by atoms with Crippen molar-refractivity contribution in [1.82, 2.24) is 15.0 Å². The molecule has 24 heavy (non-hydrogen) atoms. The van der Waals surface area contributed by atoms with Gasteiger partial charge in [0.2, 0.25) is 11.7 Å². The standard InChI is InChI=1S/C17H21N3O4/c1-2-17(23)8-3-9-20(11-17)10-14-18-15(19-24-14)12-4-6-13(7-5-12)16(21)22/h4-7,23H,2-3,8-11H2,1H3,(H,21,22). The summed E-state index contributed by atoms with van der Waals surface area (Å²) >= 11 is 0. The number of rotatable bonds is 5. The summed E-state index contributed by atoms with van der Waals surface area (Å²) in [4.78, 5) is 17.4. The molecule has 2 N–H and O–H groups in total. The van der Waals surface area contributed by atoms with Crippen molar-refractivity contribution in [3.8, 4) is 11.4 Å². The third kappa shape index (κ3) is 3.63. The maximum Gasteiger partial charge on any atom is 0.335 e. The quantitative estimate of drug-likeness (QED) is 0.866. The number of aromatic carboxylic acids is 1. The summed E-state index contributed by atoms with van der Waals surface area (Å²) in [5, 5.41) is 23.3. The van der Waals surface area contributed by atoms with E-state index in [0.29, 0.717) is 30.4 Å². The number of aromatic nitrogens is 2. The van der Waals surface area contributed by atoms with Gasteiger partial charge in [0.1, 0.15) is 0 Å². The monoisotopic (exact) mass is 331 g/mol. The zero-order valence-corrected chi connectivity index (χ0v) is 13.6. The van der Waals surface area contributed by atoms with Gasteiger partial charge < -0.3 is 14.7 Å². The number of benzene rings is 1. The zero-order chi connectivity index (χ0) is 17.2. The van der Waals surface area contributed by atoms with E-state index in [1.54, 1.807) is 12.1 Å². The summed E-state index contributed by atoms with van der Waals surface area (Å²) in [5.74, 6) is -0.0405. The molecule has 0 bridgehead atoms. The third-order valence-corrected chi connectivity index (χ3v) is 4.51. The Balaban J connectivity index is 1.68. The van der Waals surface area contributed by atoms with Gasteiger partial charge in [0.05, 0.1) is 17.7 Å². The Morgan fingerprint density at radius 1 is 1.38 bits per heavy atom. The summed E-state index contributed by atoms with van der Waals surface area (Å²) < 4.78 is 5.30. The fourth-order valence-corrected chi connectivity index (χ4v) is 3.02. The van der Waals surface area contributed by atoms with Crippen molar-refractivity contribution >= 4 is 5.97 Å². The first-order valence-electron chi connectivity index (χ1n) is 8.10. The van der Waals surface area contributed by atoms with E-state index in [2.05, 4.69) is 15.0 Å². The molecule has 1 aromatic carbocycles. The molecule has 2 heterocycles. The van der Waals surface area contributed by atoms with Crippen molar-refractivity contribution in [2.45, 2.75) is 38.3 Å². The molecule has 1 fully saturated rings. The lowest BCUT2D eigenvalue weighted by Crippen LogP contribution is -2.47. The summed E-state index contributed by atoms with van der Waals surface area (Å²) in [7, 11) is 0. The van der Waals surface area contributed by atoms with Gasteiger partial charge in [-0.25, -0.2) is 4.79 Å². The van der Waals surface area contributed by atoms with E-state index in [1.165, 1.54) is 12.1 Å². The molecule has 1 aromatic heterocycles. The van der Waals surface area contributed by atoms with Gasteiger partial charge in [0, 0.05) is 12.1 Å². The highest BCUT2D eigenvalue weighted by Crippen LogP contribution is 2.25. The second-order valence-electron chi connectivity index (χ2n) is 6.29. The molecule has 0 aliphatic carbocycles. The first-order chi connectivity index (χ1) is 11.5. The molecule has 0 spiro atoms. The van der Waals surface area contributed by atoms with Gasteiger partial charge in [-0.2, -0.15) is 4.98 Å². The van der Waals surface area contributed by atoms with E-state index in [4.69, 9.17) is 9.63 Å². The fourth-order valence-electron chi connectivity index (χ4n) is 3.02. The van der Waals surface area contributed by atoms with Crippen LogP contribution in [0.2, 0.25) is 0 Å². The molecule has 1 unspecified atom stereocenters. The highest BCUT2D eigenvalue weighted by Gasteiger charge is 2.32. The van der Waals surface area contributed by atoms with Crippen LogP contribution < -0.4 is 0 Å². The summed E-state index contributed by atoms with van der Waals surface area (Å²) in [5.41, 5.74) is 0.293. The van der Waals surface area contributed by atoms with Crippen molar-refractivity contribution in [3.63, 3.8) is 0 Å². The Kier molecular flexibility index (Phi) is 4.64. The number of carboxylic acid groups (broad SMARTS) is 1. The Hall–Kier alpha value is -2.25. The van der Waals surface area contributed by atoms with Crippen LogP contribution in [0.1, 0.15) is 42.4 Å². The van der Waals surface area contributed by atoms with Crippen LogP contribution >= 0.6 is 0 Å². The first-order valence-corrected chi connectivity index (χ1v) is 8.10. The molecule has 1 atom stereocenters. The molecule has 0 amide bonds. The zero-order valence-electron chi connectivity index (χ0n) is 13.6. The lowest BCUT2D eigenvalue weighted by atomic mass is 9.90. The fraction of sp³-hybridized carbons (Fsp3) is 0.471. The molecule has 1 aliphatic rings. The van der Waals surface area contributed by atoms with E-state index in [1.807, 2.05) is 6.92 Å². The van der Waals surface area contributed by atoms with E-state index in [0.717, 1.165) is 25.8 Å². The minimum atomic E-state index is -0.969. The molecule has 1 aliphatic heterocycles. The second kappa shape index (κ2) is 6.70. The Bertz CT molecular complexity index is 713. The average molecular weight is 331 g/mol. The van der Waals surface area contributed by atoms with Crippen molar-refractivity contribution in [1.29, 1.82) is 0 Å². The minimum Gasteiger partial charge on any atom is -0.478 e. The molecule has 0 saturated carbocycles. The number of hydrogen-bond donors (Lipinski definition) is 2. The normalized spacial score (nSPS) is 21.8. The lowest BCUT2D eigenvalue weighted by molar-refractivity contribution is -0.0380. The molecule has 0 radical (unpaired) electrons. The van der Waals surface area contributed by atoms with E-state index in [9.17, 15) is 9.90 Å². The van der Waals surface area contributed by atoms with Crippen LogP contribution in [0.3, 0.4) is 0 Å². The molecule has 7 nitrogen and oxygen atoms in total. The largest absolute Gasteiger partial charge is 0.478 e. The minimum absolute atomic E-state index is 0.217. The smallest absolute Gasteiger partial charge is 0.335 e. The third-order valence-electron chi connectivity index (χ3n) is 4.51. The highest BCUT2D eigenvalue weighted by atomic mass is 16.5. The van der Waals surface area contributed by atoms with Crippen molar-refractivity contribution in [2.24, 2.45) is 0 Å². The molecular weight excluding hydrogens is 310 g/mol. The van der Waals surface area contributed by atoms with Gasteiger partial charge in [-0.3, -0.25) is 4.90 Å². The molecule has 3 rings (SSSR count). The summed E-state index contributed by atoms with van der Waals surface area (Å²) in [6, 6.07) is 6.35. The second-order valence-corrected chi connectivity index (χ2v) is 6.29. The molecule has 1 saturated heterocycles. The summed E-state index contributed by atoms with van der Waals surface area (Å²) in [6.07, 6.45) is 2.50. The molecule has 128 valence electrons. The number of β-amino-alcohol motifs (C(OH)–C–C–N with tert-alkyl or cyclic N) is 1. The predicted molar refractivity (Wildman–Crippen MR) is 86.4 cm³/mol. The van der Waals surface area contributed by atoms with Crippen LogP contribution in [-0.2, 0) is 6.54 Å². The molecule has 7 heteroatoms. The van der Waals surface area contributed by atoms with E-state index >= 15 is 0 Å². The van der Waals surface area contributed by atoms with Crippen LogP contribution in [0.25, 0.3) is 11.4 Å². The Morgan fingerprint density at radius 2 is 2.12 bits per heavy atom. The number of aliphatic hydroxyl groups is 1. The van der Waals surface area contributed by atoms with Gasteiger partial charge >= 0.3 is 5.97 Å². The van der Waals surface area contributed by atoms with Crippen LogP contribution in [0.15, 0.2) is 28.8 Å². The number of likely N-dealkylation sites (tertiary alicyclic amines) is 1. The lowest BCUT2D eigenvalue weighted by Gasteiger charge is -2.38. The number of nitrogens with zero attached hydrogens (tertiary/aromatic N) is 3. The number of hydrogen-bond acceptors (Lipinski definition) is 6. The van der Waals surface area contributed by atoms with Crippen molar-refractivity contribution < 1.29 is 19.5 Å². The van der Waals surface area contributed by atoms with Gasteiger partial charge in [-0.15, -0.1) is 0 Å². The highest BCUT2D eigenvalue weighted by molar-refractivity contribution is 5.88. The van der Waals surface area contributed by atoms with Crippen LogP contribution in [0.5, 0.6) is 0 Å². The van der Waals surface area contributed by atoms with Crippen molar-refractivity contribution in [2.75, 3.05) is 13.1 Å². The average Bonchev–Trinajstić information content (AvgIpc) is 3.03. The maximum absolute atomic E-state index is 10.9. The van der Waals surface area contributed by atoms with Crippen LogP contribution in [0.4, 0.5) is 0 Å². The SMILES string of the molecule is CCC1(O)CCCN(Cc2nc(-c3ccc(C(=O)O)cc3)no2)C1. The van der Waals surface area contributed by atoms with Crippen LogP contribution in [-0.4, -0.2) is 49.9 Å². The van der Waals surface area contributed by atoms with Crippen molar-refractivity contribution in [3.05, 3.63) is 35.7 Å². The topological polar surface area (TPSA) is 99.7 Å². The van der Waals surface area contributed by atoms with E-state index < -0.39 is 11.6 Å². The Morgan fingerprint density at radius 3 is 2.79 bits per heavy atom. The maximum atomic E-state index is 10.9. The molecular formula is C17H21N3O4. The van der Waals surface area contributed by atoms with Gasteiger partial charge in [0.15, 0.2) is 0 Å². The summed E-state index contributed by atoms with van der Waals surface area (Å²) in [6.45, 7) is 4.00.